The molecule has 1 aliphatic carbocycles. The summed E-state index contributed by atoms with van der Waals surface area (Å²) >= 11 is 0. The Morgan fingerprint density at radius 3 is 1.95 bits per heavy atom. The molecule has 0 amide bonds. The zero-order valence-electron chi connectivity index (χ0n) is 11.8. The number of hydrogen-bond donors (Lipinski definition) is 0. The van der Waals surface area contributed by atoms with Crippen LogP contribution in [0.15, 0.2) is 30.0 Å². The van der Waals surface area contributed by atoms with Crippen LogP contribution in [0.25, 0.3) is 5.57 Å². The molecule has 1 aromatic carbocycles. The van der Waals surface area contributed by atoms with Crippen molar-refractivity contribution in [2.45, 2.75) is 13.8 Å². The van der Waals surface area contributed by atoms with Crippen LogP contribution in [0.1, 0.15) is 29.8 Å². The van der Waals surface area contributed by atoms with Crippen LogP contribution < -0.4 is 0 Å². The van der Waals surface area contributed by atoms with E-state index in [0.717, 1.165) is 13.8 Å². The summed E-state index contributed by atoms with van der Waals surface area (Å²) in [5.41, 5.74) is -1.26. The van der Waals surface area contributed by atoms with Crippen LogP contribution in [-0.2, 0) is 14.4 Å². The zero-order chi connectivity index (χ0) is 16.6. The summed E-state index contributed by atoms with van der Waals surface area (Å²) < 4.78 is 0. The summed E-state index contributed by atoms with van der Waals surface area (Å²) in [5, 5.41) is 11.2. The second-order valence-corrected chi connectivity index (χ2v) is 4.88. The molecule has 0 heterocycles. The number of benzene rings is 1. The number of carbonyl (C=O) groups is 4. The van der Waals surface area contributed by atoms with Crippen molar-refractivity contribution < 1.29 is 24.1 Å². The second-order valence-electron chi connectivity index (χ2n) is 4.88. The fraction of sp³-hybridized carbons (Fsp3) is 0.200. The minimum atomic E-state index is -1.45. The molecule has 1 aromatic rings. The van der Waals surface area contributed by atoms with Crippen molar-refractivity contribution in [1.29, 1.82) is 0 Å². The molecule has 0 unspecified atom stereocenters. The number of allylic oxidation sites excluding steroid dienone is 2. The molecule has 0 bridgehead atoms. The minimum absolute atomic E-state index is 0.0411. The molecule has 0 saturated carbocycles. The van der Waals surface area contributed by atoms with Gasteiger partial charge in [-0.1, -0.05) is 24.3 Å². The Labute approximate surface area is 124 Å². The first-order chi connectivity index (χ1) is 10.3. The predicted octanol–water partition coefficient (Wildman–Crippen LogP) is 1.23. The topological polar surface area (TPSA) is 111 Å². The molecule has 0 fully saturated rings. The molecule has 0 aliphatic heterocycles. The Balaban J connectivity index is 2.91. The first-order valence-electron chi connectivity index (χ1n) is 6.35. The van der Waals surface area contributed by atoms with E-state index in [9.17, 15) is 29.3 Å². The van der Waals surface area contributed by atoms with Gasteiger partial charge in [0.15, 0.2) is 0 Å². The number of ketones is 4. The van der Waals surface area contributed by atoms with Gasteiger partial charge >= 0.3 is 11.5 Å². The molecule has 7 heteroatoms. The SMILES string of the molecule is CC(=O)C(C(C)=O)C1=C([N+](=O)[O-])C(=O)C(=O)c2ccccc21. The molecule has 1 aliphatic rings. The highest BCUT2D eigenvalue weighted by Gasteiger charge is 2.45. The van der Waals surface area contributed by atoms with Gasteiger partial charge in [-0.05, 0) is 19.4 Å². The van der Waals surface area contributed by atoms with E-state index in [1.54, 1.807) is 0 Å². The van der Waals surface area contributed by atoms with E-state index in [2.05, 4.69) is 0 Å². The van der Waals surface area contributed by atoms with Gasteiger partial charge in [0.25, 0.3) is 0 Å². The van der Waals surface area contributed by atoms with E-state index >= 15 is 0 Å². The number of fused-ring (bicyclic) bond motifs is 1. The van der Waals surface area contributed by atoms with Crippen LogP contribution in [0.3, 0.4) is 0 Å². The molecule has 22 heavy (non-hydrogen) atoms. The number of rotatable bonds is 4. The molecule has 0 atom stereocenters. The Morgan fingerprint density at radius 1 is 1.00 bits per heavy atom. The van der Waals surface area contributed by atoms with Gasteiger partial charge in [-0.2, -0.15) is 0 Å². The van der Waals surface area contributed by atoms with Crippen molar-refractivity contribution in [2.24, 2.45) is 5.92 Å². The van der Waals surface area contributed by atoms with E-state index < -0.39 is 39.7 Å². The maximum absolute atomic E-state index is 12.0. The lowest BCUT2D eigenvalue weighted by atomic mass is 9.78. The lowest BCUT2D eigenvalue weighted by Crippen LogP contribution is -2.33. The summed E-state index contributed by atoms with van der Waals surface area (Å²) in [6.07, 6.45) is 0. The molecule has 0 aromatic heterocycles. The van der Waals surface area contributed by atoms with Crippen molar-refractivity contribution in [1.82, 2.24) is 0 Å². The second kappa shape index (κ2) is 5.44. The lowest BCUT2D eigenvalue weighted by Gasteiger charge is -2.21. The van der Waals surface area contributed by atoms with Crippen molar-refractivity contribution in [3.8, 4) is 0 Å². The fourth-order valence-corrected chi connectivity index (χ4v) is 2.56. The summed E-state index contributed by atoms with van der Waals surface area (Å²) in [4.78, 5) is 57.8. The Kier molecular flexibility index (Phi) is 3.81. The maximum Gasteiger partial charge on any atom is 0.325 e. The quantitative estimate of drug-likeness (QED) is 0.358. The van der Waals surface area contributed by atoms with Crippen molar-refractivity contribution >= 4 is 28.7 Å². The molecular formula is C15H11NO6. The highest BCUT2D eigenvalue weighted by molar-refractivity contribution is 6.52. The number of Topliss-reactive ketones (excluding diaryl/α,β-unsaturated/α-hetero) is 4. The summed E-state index contributed by atoms with van der Waals surface area (Å²) in [7, 11) is 0. The van der Waals surface area contributed by atoms with E-state index in [1.807, 2.05) is 0 Å². The Hall–Kier alpha value is -2.96. The van der Waals surface area contributed by atoms with E-state index in [-0.39, 0.29) is 16.7 Å². The van der Waals surface area contributed by atoms with Crippen molar-refractivity contribution in [3.63, 3.8) is 0 Å². The summed E-state index contributed by atoms with van der Waals surface area (Å²) in [6.45, 7) is 2.22. The molecule has 7 nitrogen and oxygen atoms in total. The average Bonchev–Trinajstić information content (AvgIpc) is 2.43. The monoisotopic (exact) mass is 301 g/mol. The molecule has 0 radical (unpaired) electrons. The lowest BCUT2D eigenvalue weighted by molar-refractivity contribution is -0.417. The molecule has 2 rings (SSSR count). The van der Waals surface area contributed by atoms with Gasteiger partial charge in [-0.15, -0.1) is 0 Å². The number of carbonyl (C=O) groups excluding carboxylic acids is 4. The fourth-order valence-electron chi connectivity index (χ4n) is 2.56. The van der Waals surface area contributed by atoms with Crippen LogP contribution in [-0.4, -0.2) is 28.1 Å². The first kappa shape index (κ1) is 15.4. The molecule has 112 valence electrons. The van der Waals surface area contributed by atoms with Crippen LogP contribution >= 0.6 is 0 Å². The van der Waals surface area contributed by atoms with Gasteiger partial charge in [0.05, 0.1) is 10.5 Å². The molecule has 0 N–H and O–H groups in total. The smallest absolute Gasteiger partial charge is 0.299 e. The Bertz CT molecular complexity index is 760. The van der Waals surface area contributed by atoms with Crippen LogP contribution in [0.2, 0.25) is 0 Å². The third-order valence-corrected chi connectivity index (χ3v) is 3.42. The van der Waals surface area contributed by atoms with E-state index in [1.165, 1.54) is 24.3 Å². The van der Waals surface area contributed by atoms with Gasteiger partial charge in [0, 0.05) is 5.56 Å². The third kappa shape index (κ3) is 2.26. The standard InChI is InChI=1S/C15H11NO6/c1-7(17)11(8(2)18)12-9-5-3-4-6-10(9)14(19)15(20)13(12)16(21)22/h3-6,11H,1-2H3. The zero-order valence-corrected chi connectivity index (χ0v) is 11.8. The van der Waals surface area contributed by atoms with Crippen molar-refractivity contribution in [2.75, 3.05) is 0 Å². The Morgan fingerprint density at radius 2 is 1.50 bits per heavy atom. The summed E-state index contributed by atoms with van der Waals surface area (Å²) in [6, 6.07) is 5.73. The van der Waals surface area contributed by atoms with E-state index in [4.69, 9.17) is 0 Å². The van der Waals surface area contributed by atoms with Crippen LogP contribution in [0.4, 0.5) is 0 Å². The van der Waals surface area contributed by atoms with Gasteiger partial charge in [0.1, 0.15) is 17.5 Å². The highest BCUT2D eigenvalue weighted by Crippen LogP contribution is 2.36. The van der Waals surface area contributed by atoms with Gasteiger partial charge in [0.2, 0.25) is 5.78 Å². The highest BCUT2D eigenvalue weighted by atomic mass is 16.6. The van der Waals surface area contributed by atoms with Gasteiger partial charge in [-0.25, -0.2) is 0 Å². The molecular weight excluding hydrogens is 290 g/mol. The van der Waals surface area contributed by atoms with Crippen molar-refractivity contribution in [3.05, 3.63) is 51.2 Å². The number of hydrogen-bond acceptors (Lipinski definition) is 6. The molecule has 0 spiro atoms. The maximum atomic E-state index is 12.0. The minimum Gasteiger partial charge on any atom is -0.299 e. The summed E-state index contributed by atoms with van der Waals surface area (Å²) in [5.74, 6) is -5.03. The first-order valence-corrected chi connectivity index (χ1v) is 6.35. The average molecular weight is 301 g/mol. The largest absolute Gasteiger partial charge is 0.325 e. The van der Waals surface area contributed by atoms with E-state index in [0.29, 0.717) is 0 Å². The molecule has 0 saturated heterocycles. The number of nitrogens with zero attached hydrogens (tertiary/aromatic N) is 1. The number of nitro groups is 1. The normalized spacial score (nSPS) is 14.1. The third-order valence-electron chi connectivity index (χ3n) is 3.42. The predicted molar refractivity (Wildman–Crippen MR) is 74.5 cm³/mol. The van der Waals surface area contributed by atoms with Crippen LogP contribution in [0.5, 0.6) is 0 Å². The van der Waals surface area contributed by atoms with Gasteiger partial charge in [-0.3, -0.25) is 29.3 Å². The van der Waals surface area contributed by atoms with Crippen LogP contribution in [0, 0.1) is 16.0 Å². The van der Waals surface area contributed by atoms with Gasteiger partial charge < -0.3 is 0 Å².